The van der Waals surface area contributed by atoms with Crippen molar-refractivity contribution in [2.75, 3.05) is 20.2 Å². The number of aromatic nitrogens is 1. The SMILES string of the molecule is Cc1ccc2cccc(OCc3c(Cl)ccc(S(=O)(=O)N(C)Cc4cccc(C(=O)NCCCO)c4)c3Cl)c2n1. The number of carbonyl (C=O) groups excluding carboxylic acids is 1. The molecule has 0 aliphatic heterocycles. The first-order valence-electron chi connectivity index (χ1n) is 12.5. The number of sulfonamides is 1. The highest BCUT2D eigenvalue weighted by atomic mass is 35.5. The van der Waals surface area contributed by atoms with Gasteiger partial charge in [-0.3, -0.25) is 4.79 Å². The maximum Gasteiger partial charge on any atom is 0.251 e. The third-order valence-corrected chi connectivity index (χ3v) is 8.99. The van der Waals surface area contributed by atoms with Gasteiger partial charge in [0, 0.05) is 54.0 Å². The lowest BCUT2D eigenvalue weighted by atomic mass is 10.1. The average molecular weight is 603 g/mol. The second-order valence-electron chi connectivity index (χ2n) is 9.20. The first-order valence-corrected chi connectivity index (χ1v) is 14.7. The summed E-state index contributed by atoms with van der Waals surface area (Å²) in [6.45, 7) is 2.15. The molecule has 0 aliphatic carbocycles. The first-order chi connectivity index (χ1) is 19.1. The molecule has 0 unspecified atom stereocenters. The summed E-state index contributed by atoms with van der Waals surface area (Å²) in [5.74, 6) is 0.224. The minimum atomic E-state index is -4.03. The van der Waals surface area contributed by atoms with E-state index in [0.717, 1.165) is 15.4 Å². The molecular formula is C29H29Cl2N3O5S. The van der Waals surface area contributed by atoms with Crippen LogP contribution in [0.25, 0.3) is 10.9 Å². The predicted molar refractivity (Wildman–Crippen MR) is 156 cm³/mol. The largest absolute Gasteiger partial charge is 0.487 e. The third-order valence-electron chi connectivity index (χ3n) is 6.25. The fourth-order valence-corrected chi connectivity index (χ4v) is 6.11. The van der Waals surface area contributed by atoms with E-state index in [4.69, 9.17) is 33.0 Å². The Morgan fingerprint density at radius 2 is 1.85 bits per heavy atom. The van der Waals surface area contributed by atoms with Gasteiger partial charge < -0.3 is 15.2 Å². The van der Waals surface area contributed by atoms with E-state index in [1.807, 2.05) is 31.2 Å². The van der Waals surface area contributed by atoms with Crippen molar-refractivity contribution in [3.8, 4) is 5.75 Å². The van der Waals surface area contributed by atoms with Gasteiger partial charge in [-0.2, -0.15) is 4.31 Å². The normalized spacial score (nSPS) is 11.7. The summed E-state index contributed by atoms with van der Waals surface area (Å²) in [4.78, 5) is 16.8. The van der Waals surface area contributed by atoms with Crippen LogP contribution in [-0.2, 0) is 23.2 Å². The van der Waals surface area contributed by atoms with Crippen molar-refractivity contribution < 1.29 is 23.1 Å². The Morgan fingerprint density at radius 1 is 1.07 bits per heavy atom. The monoisotopic (exact) mass is 601 g/mol. The summed E-state index contributed by atoms with van der Waals surface area (Å²) in [5.41, 5.74) is 2.87. The molecule has 0 atom stereocenters. The lowest BCUT2D eigenvalue weighted by Crippen LogP contribution is -2.28. The number of rotatable bonds is 11. The fraction of sp³-hybridized carbons (Fsp3) is 0.241. The van der Waals surface area contributed by atoms with Gasteiger partial charge in [-0.15, -0.1) is 0 Å². The quantitative estimate of drug-likeness (QED) is 0.224. The molecule has 0 spiro atoms. The zero-order chi connectivity index (χ0) is 28.9. The second kappa shape index (κ2) is 13.0. The summed E-state index contributed by atoms with van der Waals surface area (Å²) < 4.78 is 34.3. The van der Waals surface area contributed by atoms with Gasteiger partial charge in [-0.1, -0.05) is 53.5 Å². The van der Waals surface area contributed by atoms with Crippen LogP contribution in [0, 0.1) is 6.92 Å². The summed E-state index contributed by atoms with van der Waals surface area (Å²) in [6.07, 6.45) is 0.444. The number of fused-ring (bicyclic) bond motifs is 1. The van der Waals surface area contributed by atoms with Gasteiger partial charge in [0.2, 0.25) is 10.0 Å². The van der Waals surface area contributed by atoms with Crippen molar-refractivity contribution in [2.24, 2.45) is 0 Å². The number of pyridine rings is 1. The molecule has 2 N–H and O–H groups in total. The maximum atomic E-state index is 13.5. The number of carbonyl (C=O) groups is 1. The third kappa shape index (κ3) is 6.74. The van der Waals surface area contributed by atoms with Crippen LogP contribution < -0.4 is 10.1 Å². The summed E-state index contributed by atoms with van der Waals surface area (Å²) in [5, 5.41) is 12.8. The van der Waals surface area contributed by atoms with Crippen molar-refractivity contribution >= 4 is 50.0 Å². The summed E-state index contributed by atoms with van der Waals surface area (Å²) in [6, 6.07) is 19.0. The number of aryl methyl sites for hydroxylation is 1. The zero-order valence-corrected chi connectivity index (χ0v) is 24.4. The number of halogens is 2. The van der Waals surface area contributed by atoms with Gasteiger partial charge in [-0.25, -0.2) is 13.4 Å². The second-order valence-corrected chi connectivity index (χ2v) is 12.0. The number of para-hydroxylation sites is 1. The topological polar surface area (TPSA) is 109 Å². The number of nitrogens with one attached hydrogen (secondary N) is 1. The molecule has 11 heteroatoms. The lowest BCUT2D eigenvalue weighted by molar-refractivity contribution is 0.0951. The highest BCUT2D eigenvalue weighted by Gasteiger charge is 2.27. The molecule has 40 heavy (non-hydrogen) atoms. The van der Waals surface area contributed by atoms with Gasteiger partial charge in [0.15, 0.2) is 0 Å². The molecule has 3 aromatic carbocycles. The molecule has 4 rings (SSSR count). The van der Waals surface area contributed by atoms with Crippen LogP contribution >= 0.6 is 23.2 Å². The van der Waals surface area contributed by atoms with Crippen LogP contribution in [0.3, 0.4) is 0 Å². The van der Waals surface area contributed by atoms with Crippen molar-refractivity contribution in [1.82, 2.24) is 14.6 Å². The van der Waals surface area contributed by atoms with E-state index >= 15 is 0 Å². The molecule has 0 fully saturated rings. The number of aliphatic hydroxyl groups is 1. The average Bonchev–Trinajstić information content (AvgIpc) is 2.93. The Bertz CT molecular complexity index is 1650. The van der Waals surface area contributed by atoms with Crippen LogP contribution in [0.1, 0.15) is 33.6 Å². The molecule has 1 aromatic heterocycles. The van der Waals surface area contributed by atoms with Crippen LogP contribution in [0.15, 0.2) is 71.6 Å². The van der Waals surface area contributed by atoms with Gasteiger partial charge in [0.1, 0.15) is 22.8 Å². The van der Waals surface area contributed by atoms with Crippen LogP contribution in [0.5, 0.6) is 5.75 Å². The van der Waals surface area contributed by atoms with Crippen LogP contribution in [0.4, 0.5) is 0 Å². The van der Waals surface area contributed by atoms with E-state index in [-0.39, 0.29) is 40.6 Å². The molecule has 1 amide bonds. The van der Waals surface area contributed by atoms with Crippen LogP contribution in [0.2, 0.25) is 10.0 Å². The molecule has 0 bridgehead atoms. The van der Waals surface area contributed by atoms with Crippen molar-refractivity contribution in [1.29, 1.82) is 0 Å². The minimum Gasteiger partial charge on any atom is -0.487 e. The van der Waals surface area contributed by atoms with E-state index in [9.17, 15) is 13.2 Å². The molecule has 0 saturated heterocycles. The van der Waals surface area contributed by atoms with Crippen molar-refractivity contribution in [2.45, 2.75) is 31.4 Å². The Balaban J connectivity index is 1.54. The molecule has 4 aromatic rings. The smallest absolute Gasteiger partial charge is 0.251 e. The van der Waals surface area contributed by atoms with Crippen molar-refractivity contribution in [3.05, 3.63) is 99.2 Å². The number of hydrogen-bond acceptors (Lipinski definition) is 6. The number of nitrogens with zero attached hydrogens (tertiary/aromatic N) is 2. The van der Waals surface area contributed by atoms with Gasteiger partial charge in [-0.05, 0) is 55.3 Å². The van der Waals surface area contributed by atoms with Gasteiger partial charge in [0.25, 0.3) is 5.91 Å². The maximum absolute atomic E-state index is 13.5. The predicted octanol–water partition coefficient (Wildman–Crippen LogP) is 5.36. The van der Waals surface area contributed by atoms with Crippen LogP contribution in [-0.4, -0.2) is 48.9 Å². The van der Waals surface area contributed by atoms with Gasteiger partial charge >= 0.3 is 0 Å². The van der Waals surface area contributed by atoms with E-state index in [1.54, 1.807) is 30.3 Å². The number of benzene rings is 3. The first kappa shape index (κ1) is 29.8. The number of ether oxygens (including phenoxy) is 1. The molecule has 1 heterocycles. The molecule has 8 nitrogen and oxygen atoms in total. The molecular weight excluding hydrogens is 573 g/mol. The Labute approximate surface area is 243 Å². The van der Waals surface area contributed by atoms with E-state index in [1.165, 1.54) is 19.2 Å². The van der Waals surface area contributed by atoms with Crippen molar-refractivity contribution in [3.63, 3.8) is 0 Å². The standard InChI is InChI=1S/C29H29Cl2N3O5S/c1-19-10-11-21-7-4-9-25(28(21)33-19)39-18-23-24(30)12-13-26(27(23)31)40(37,38)34(2)17-20-6-3-8-22(16-20)29(36)32-14-5-15-35/h3-4,6-13,16,35H,5,14-15,17-18H2,1-2H3,(H,32,36). The number of hydrogen-bond donors (Lipinski definition) is 2. The van der Waals surface area contributed by atoms with E-state index in [2.05, 4.69) is 10.3 Å². The van der Waals surface area contributed by atoms with E-state index < -0.39 is 10.0 Å². The molecule has 0 aliphatic rings. The minimum absolute atomic E-state index is 0.00586. The summed E-state index contributed by atoms with van der Waals surface area (Å²) >= 11 is 13.0. The Morgan fingerprint density at radius 3 is 2.62 bits per heavy atom. The zero-order valence-electron chi connectivity index (χ0n) is 22.0. The Kier molecular flexibility index (Phi) is 9.65. The Hall–Kier alpha value is -3.21. The van der Waals surface area contributed by atoms with Gasteiger partial charge in [0.05, 0.1) is 5.02 Å². The highest BCUT2D eigenvalue weighted by molar-refractivity contribution is 7.89. The fourth-order valence-electron chi connectivity index (χ4n) is 4.10. The lowest BCUT2D eigenvalue weighted by Gasteiger charge is -2.20. The number of aliphatic hydroxyl groups excluding tert-OH is 1. The highest BCUT2D eigenvalue weighted by Crippen LogP contribution is 2.34. The number of amides is 1. The van der Waals surface area contributed by atoms with E-state index in [0.29, 0.717) is 40.9 Å². The molecule has 0 radical (unpaired) electrons. The summed E-state index contributed by atoms with van der Waals surface area (Å²) in [7, 11) is -2.60. The molecule has 0 saturated carbocycles. The molecule has 210 valence electrons.